The first kappa shape index (κ1) is 111. The zero-order valence-corrected chi connectivity index (χ0v) is 83.0. The molecule has 0 saturated heterocycles. The maximum atomic E-state index is 14.0. The lowest BCUT2D eigenvalue weighted by Crippen LogP contribution is -2.37. The molecule has 137 heavy (non-hydrogen) atoms. The minimum atomic E-state index is -0.699. The largest absolute Gasteiger partial charge is 0.493 e. The molecule has 37 heteroatoms. The Morgan fingerprint density at radius 2 is 0.708 bits per heavy atom. The fourth-order valence-electron chi connectivity index (χ4n) is 13.7. The van der Waals surface area contributed by atoms with Gasteiger partial charge in [0.05, 0.1) is 66.4 Å². The second-order valence-corrected chi connectivity index (χ2v) is 34.5. The number of nitrogens with two attached hydrogens (primary N) is 2. The van der Waals surface area contributed by atoms with E-state index in [4.69, 9.17) is 58.8 Å². The van der Waals surface area contributed by atoms with Crippen LogP contribution in [0, 0.1) is 41.1 Å². The lowest BCUT2D eigenvalue weighted by Gasteiger charge is -2.20. The molecule has 1 aliphatic carbocycles. The maximum Gasteiger partial charge on any atom is 0.323 e. The molecule has 28 nitrogen and oxygen atoms in total. The Kier molecular flexibility index (Phi) is 44.3. The number of rotatable bonds is 43. The van der Waals surface area contributed by atoms with Gasteiger partial charge in [0.2, 0.25) is 17.7 Å². The summed E-state index contributed by atoms with van der Waals surface area (Å²) in [6, 6.07) is 43.3. The third-order valence-corrected chi connectivity index (χ3v) is 24.8. The highest BCUT2D eigenvalue weighted by atomic mass is 35.5. The molecule has 0 fully saturated rings. The highest BCUT2D eigenvalue weighted by Crippen LogP contribution is 2.45. The van der Waals surface area contributed by atoms with Crippen molar-refractivity contribution in [2.24, 2.45) is 50.4 Å². The number of esters is 4. The summed E-state index contributed by atoms with van der Waals surface area (Å²) in [4.78, 5) is 126. The predicted octanol–water partition coefficient (Wildman–Crippen LogP) is 17.9. The van der Waals surface area contributed by atoms with Gasteiger partial charge in [-0.1, -0.05) is 126 Å². The normalized spacial score (nSPS) is 12.1. The smallest absolute Gasteiger partial charge is 0.323 e. The van der Waals surface area contributed by atoms with Crippen LogP contribution >= 0.6 is 73.4 Å². The van der Waals surface area contributed by atoms with Crippen molar-refractivity contribution in [1.82, 2.24) is 15.0 Å². The Balaban J connectivity index is 0.000000284. The zero-order valence-electron chi connectivity index (χ0n) is 77.7. The van der Waals surface area contributed by atoms with Crippen LogP contribution in [0.1, 0.15) is 151 Å². The van der Waals surface area contributed by atoms with Crippen molar-refractivity contribution in [3.05, 3.63) is 236 Å². The number of hydrogen-bond acceptors (Lipinski definition) is 28. The Hall–Kier alpha value is -12.6. The Labute approximate surface area is 824 Å². The minimum Gasteiger partial charge on any atom is -0.493 e. The minimum absolute atomic E-state index is 0. The van der Waals surface area contributed by atoms with Crippen LogP contribution in [0.25, 0.3) is 41.4 Å². The molecule has 0 saturated carbocycles. The van der Waals surface area contributed by atoms with E-state index < -0.39 is 41.9 Å². The number of carbonyl (C=O) groups is 10. The number of nitrogens with zero attached hydrogens (tertiary/aromatic N) is 6. The molecule has 3 heterocycles. The quantitative estimate of drug-likeness (QED) is 0.00895. The van der Waals surface area contributed by atoms with E-state index in [1.165, 1.54) is 132 Å². The van der Waals surface area contributed by atoms with E-state index >= 15 is 0 Å². The van der Waals surface area contributed by atoms with E-state index in [1.54, 1.807) is 88.9 Å². The van der Waals surface area contributed by atoms with Gasteiger partial charge in [-0.3, -0.25) is 47.9 Å². The number of halogens is 4. The molecule has 730 valence electrons. The van der Waals surface area contributed by atoms with Crippen molar-refractivity contribution < 1.29 is 108 Å². The molecular formula is C100H112ClF3N8O20S5. The predicted molar refractivity (Wildman–Crippen MR) is 537 cm³/mol. The molecule has 3 amide bonds. The van der Waals surface area contributed by atoms with E-state index in [-0.39, 0.29) is 207 Å². The van der Waals surface area contributed by atoms with Crippen LogP contribution in [0.3, 0.4) is 0 Å². The molecule has 0 radical (unpaired) electrons. The third-order valence-electron chi connectivity index (χ3n) is 21.7. The van der Waals surface area contributed by atoms with Gasteiger partial charge in [0, 0.05) is 131 Å². The average molecular weight is 2000 g/mol. The number of benzene rings is 8. The van der Waals surface area contributed by atoms with Gasteiger partial charge in [-0.15, -0.1) is 46.4 Å². The molecule has 0 aliphatic heterocycles. The summed E-state index contributed by atoms with van der Waals surface area (Å²) in [5.41, 5.74) is 19.2. The molecule has 0 bridgehead atoms. The van der Waals surface area contributed by atoms with Gasteiger partial charge in [0.1, 0.15) is 75.8 Å². The number of Topliss-reactive ketones (excluding diaryl/α,β-unsaturated/α-hetero) is 3. The van der Waals surface area contributed by atoms with Crippen molar-refractivity contribution in [1.29, 1.82) is 0 Å². The zero-order chi connectivity index (χ0) is 96.8. The summed E-state index contributed by atoms with van der Waals surface area (Å²) < 4.78 is 98.0. The second-order valence-electron chi connectivity index (χ2n) is 31.8. The molecular weight excluding hydrogens is 1890 g/mol. The second kappa shape index (κ2) is 54.4. The summed E-state index contributed by atoms with van der Waals surface area (Å²) in [6.07, 6.45) is 4.11. The van der Waals surface area contributed by atoms with Gasteiger partial charge in [-0.2, -0.15) is 42.3 Å². The maximum absolute atomic E-state index is 14.0. The number of ketones is 3. The SMILES string of the molecule is COc1cc(C(=O)CCC(=O)N(C)/N=C/c2csc3c(F)cccc23)ccc1OCCOC(=O)[C@@H](CC(=O)OCC1c2ccccc2-c2ccccc21)C(C)C.COc1cc(C(=O)CCC(=O)N(C)/N=C/c2csc3c(F)cccc23)ccc1OCCOC(=O)[C@@H](N)C(C)C.COc1cc(C(=O)CCC(=O)N(C)/N=C/c2csc3c(F)cccc23)ccc1OCCOC(=O)[C@@H](N)C(C)C.Cl.S.S. The van der Waals surface area contributed by atoms with Gasteiger partial charge in [-0.25, -0.2) is 28.2 Å². The highest BCUT2D eigenvalue weighted by molar-refractivity contribution is 7.59. The van der Waals surface area contributed by atoms with E-state index in [1.807, 2.05) is 65.8 Å². The first-order valence-corrected chi connectivity index (χ1v) is 45.7. The molecule has 3 aromatic heterocycles. The van der Waals surface area contributed by atoms with E-state index in [0.29, 0.717) is 87.4 Å². The summed E-state index contributed by atoms with van der Waals surface area (Å²) in [6.45, 7) is 11.3. The fourth-order valence-corrected chi connectivity index (χ4v) is 16.5. The standard InChI is InChI=1S/C44H43FN2O8S.2C28H32FN3O6S.ClH.2H2S/c1-27(2)35(23-42(50)55-25-36-33-12-7-5-10-31(33)32-11-6-8-13-34(32)36)44(51)54-21-20-53-39-18-16-28(22-40(39)52-4)38(48)17-19-41(49)47(3)46-24-29-26-56-43-30(29)14-9-15-37(43)45;2*1-17(2)26(30)28(35)38-13-12-37-23-10-8-18(14-24(23)36-4)22(33)9-11-25(34)32(3)31-15-19-16-39-27-20(19)6-5-7-21(27)29;;;/h5-16,18,22,24,26-27,35-36H,17,19-21,23,25H2,1-4H3;2*5-8,10,14-17,26H,9,11-13,30H2,1-4H3;1H;2*1H2/b46-24+;2*31-15+;;;/t35-;2*26-;;;/m000.../s1. The highest BCUT2D eigenvalue weighted by Gasteiger charge is 2.33. The monoisotopic (exact) mass is 2000 g/mol. The molecule has 1 aliphatic rings. The fraction of sp³-hybridized carbons (Fsp3) is 0.330. The van der Waals surface area contributed by atoms with Crippen molar-refractivity contribution >= 4 is 181 Å². The first-order chi connectivity index (χ1) is 64.3. The number of amides is 3. The summed E-state index contributed by atoms with van der Waals surface area (Å²) >= 11 is 3.79. The molecule has 8 aromatic carbocycles. The van der Waals surface area contributed by atoms with E-state index in [0.717, 1.165) is 48.1 Å². The molecule has 11 aromatic rings. The van der Waals surface area contributed by atoms with Crippen molar-refractivity contribution in [2.75, 3.05) is 88.7 Å². The molecule has 0 spiro atoms. The molecule has 3 atom stereocenters. The van der Waals surface area contributed by atoms with Gasteiger partial charge >= 0.3 is 23.9 Å². The number of fused-ring (bicyclic) bond motifs is 6. The van der Waals surface area contributed by atoms with Crippen LogP contribution in [0.5, 0.6) is 34.5 Å². The molecule has 4 N–H and O–H groups in total. The summed E-state index contributed by atoms with van der Waals surface area (Å²) in [5.74, 6) is -3.68. The van der Waals surface area contributed by atoms with Crippen LogP contribution in [0.15, 0.2) is 189 Å². The van der Waals surface area contributed by atoms with Gasteiger partial charge < -0.3 is 58.8 Å². The number of hydrazone groups is 3. The number of hydrogen-bond donors (Lipinski definition) is 2. The molecule has 12 rings (SSSR count). The van der Waals surface area contributed by atoms with Gasteiger partial charge in [0.25, 0.3) is 0 Å². The van der Waals surface area contributed by atoms with Crippen LogP contribution in [-0.4, -0.2) is 193 Å². The Morgan fingerprint density at radius 3 is 1.01 bits per heavy atom. The average Bonchev–Trinajstić information content (AvgIpc) is 1.62. The van der Waals surface area contributed by atoms with Crippen molar-refractivity contribution in [2.45, 2.75) is 104 Å². The summed E-state index contributed by atoms with van der Waals surface area (Å²) in [7, 11) is 8.83. The number of thiophene rings is 3. The summed E-state index contributed by atoms with van der Waals surface area (Å²) in [5, 5.41) is 23.4. The number of methoxy groups -OCH3 is 3. The van der Waals surface area contributed by atoms with Gasteiger partial charge in [0.15, 0.2) is 51.8 Å². The third kappa shape index (κ3) is 30.7. The van der Waals surface area contributed by atoms with Crippen molar-refractivity contribution in [3.8, 4) is 45.6 Å². The van der Waals surface area contributed by atoms with Crippen LogP contribution in [0.4, 0.5) is 13.2 Å². The van der Waals surface area contributed by atoms with Gasteiger partial charge in [-0.05, 0) is 113 Å². The number of carbonyl (C=O) groups excluding carboxylic acids is 10. The van der Waals surface area contributed by atoms with Crippen LogP contribution < -0.4 is 39.9 Å². The van der Waals surface area contributed by atoms with E-state index in [9.17, 15) is 61.1 Å². The lowest BCUT2D eigenvalue weighted by molar-refractivity contribution is -0.157. The van der Waals surface area contributed by atoms with E-state index in [2.05, 4.69) is 39.6 Å². The van der Waals surface area contributed by atoms with Crippen LogP contribution in [0.2, 0.25) is 0 Å². The lowest BCUT2D eigenvalue weighted by atomic mass is 9.92. The van der Waals surface area contributed by atoms with Crippen LogP contribution in [-0.2, 0) is 52.5 Å². The number of ether oxygens (including phenoxy) is 10. The molecule has 0 unspecified atom stereocenters. The first-order valence-electron chi connectivity index (χ1n) is 43.0. The Bertz CT molecular complexity index is 5880. The van der Waals surface area contributed by atoms with Crippen molar-refractivity contribution in [3.63, 3.8) is 0 Å². The Morgan fingerprint density at radius 1 is 0.394 bits per heavy atom. The topological polar surface area (TPSA) is 362 Å².